The molecule has 7 nitrogen and oxygen atoms in total. The second-order valence-electron chi connectivity index (χ2n) is 7.77. The molecule has 0 saturated heterocycles. The molecule has 166 valence electrons. The Labute approximate surface area is 180 Å². The van der Waals surface area contributed by atoms with Crippen LogP contribution in [-0.4, -0.2) is 28.8 Å². The van der Waals surface area contributed by atoms with E-state index in [2.05, 4.69) is 15.2 Å². The highest BCUT2D eigenvalue weighted by Gasteiger charge is 2.38. The highest BCUT2D eigenvalue weighted by atomic mass is 19.4. The first kappa shape index (κ1) is 20.2. The van der Waals surface area contributed by atoms with Crippen molar-refractivity contribution in [1.82, 2.24) is 15.1 Å². The van der Waals surface area contributed by atoms with Crippen LogP contribution < -0.4 is 19.5 Å². The molecule has 3 aromatic rings. The lowest BCUT2D eigenvalue weighted by atomic mass is 9.95. The minimum atomic E-state index is -4.77. The van der Waals surface area contributed by atoms with Crippen molar-refractivity contribution in [3.8, 4) is 22.9 Å². The third kappa shape index (κ3) is 3.41. The Balaban J connectivity index is 1.57. The van der Waals surface area contributed by atoms with Gasteiger partial charge in [0, 0.05) is 5.56 Å². The van der Waals surface area contributed by atoms with Crippen LogP contribution in [-0.2, 0) is 0 Å². The number of carbonyl (C=O) groups excluding carboxylic acids is 1. The summed E-state index contributed by atoms with van der Waals surface area (Å²) in [5.41, 5.74) is 3.14. The monoisotopic (exact) mass is 445 g/mol. The summed E-state index contributed by atoms with van der Waals surface area (Å²) in [5.74, 6) is 0.563. The van der Waals surface area contributed by atoms with Gasteiger partial charge in [0.15, 0.2) is 17.2 Å². The molecule has 10 heteroatoms. The Kier molecular flexibility index (Phi) is 4.54. The molecule has 0 bridgehead atoms. The molecule has 1 unspecified atom stereocenters. The first-order chi connectivity index (χ1) is 15.2. The van der Waals surface area contributed by atoms with Crippen LogP contribution >= 0.6 is 0 Å². The van der Waals surface area contributed by atoms with E-state index in [1.54, 1.807) is 10.7 Å². The summed E-state index contributed by atoms with van der Waals surface area (Å²) in [5, 5.41) is 7.46. The number of halogens is 3. The van der Waals surface area contributed by atoms with Crippen LogP contribution in [0.4, 0.5) is 13.2 Å². The van der Waals surface area contributed by atoms with Gasteiger partial charge in [-0.1, -0.05) is 19.9 Å². The molecule has 5 rings (SSSR count). The molecular weight excluding hydrogens is 427 g/mol. The molecule has 3 heterocycles. The lowest BCUT2D eigenvalue weighted by Gasteiger charge is -2.18. The quantitative estimate of drug-likeness (QED) is 0.642. The number of ether oxygens (including phenoxy) is 3. The Morgan fingerprint density at radius 2 is 1.84 bits per heavy atom. The van der Waals surface area contributed by atoms with E-state index in [1.165, 1.54) is 24.3 Å². The number of rotatable bonds is 4. The van der Waals surface area contributed by atoms with Gasteiger partial charge in [0.25, 0.3) is 5.91 Å². The van der Waals surface area contributed by atoms with E-state index in [-0.39, 0.29) is 30.1 Å². The Bertz CT molecular complexity index is 1200. The lowest BCUT2D eigenvalue weighted by molar-refractivity contribution is -0.274. The molecule has 1 aromatic heterocycles. The third-order valence-electron chi connectivity index (χ3n) is 5.33. The number of fused-ring (bicyclic) bond motifs is 2. The second-order valence-corrected chi connectivity index (χ2v) is 7.77. The van der Waals surface area contributed by atoms with E-state index >= 15 is 0 Å². The number of hydrogen-bond donors (Lipinski definition) is 1. The van der Waals surface area contributed by atoms with Crippen LogP contribution in [0.1, 0.15) is 53.1 Å². The maximum absolute atomic E-state index is 12.7. The number of nitrogens with one attached hydrogen (secondary N) is 1. The minimum Gasteiger partial charge on any atom is -0.454 e. The number of carbonyl (C=O) groups is 1. The van der Waals surface area contributed by atoms with Gasteiger partial charge >= 0.3 is 6.36 Å². The third-order valence-corrected chi connectivity index (χ3v) is 5.33. The fourth-order valence-corrected chi connectivity index (χ4v) is 4.05. The van der Waals surface area contributed by atoms with Gasteiger partial charge in [-0.2, -0.15) is 5.10 Å². The van der Waals surface area contributed by atoms with Crippen molar-refractivity contribution in [3.05, 3.63) is 65.0 Å². The van der Waals surface area contributed by atoms with E-state index in [1.807, 2.05) is 26.0 Å². The minimum absolute atomic E-state index is 0.0263. The highest BCUT2D eigenvalue weighted by Crippen LogP contribution is 2.41. The summed E-state index contributed by atoms with van der Waals surface area (Å²) >= 11 is 0. The summed E-state index contributed by atoms with van der Waals surface area (Å²) in [6, 6.07) is 10.4. The Morgan fingerprint density at radius 3 is 2.53 bits per heavy atom. The van der Waals surface area contributed by atoms with Crippen molar-refractivity contribution in [2.75, 3.05) is 6.79 Å². The average Bonchev–Trinajstić information content (AvgIpc) is 3.42. The highest BCUT2D eigenvalue weighted by molar-refractivity contribution is 5.98. The van der Waals surface area contributed by atoms with E-state index in [0.29, 0.717) is 17.2 Å². The van der Waals surface area contributed by atoms with Crippen LogP contribution in [0.3, 0.4) is 0 Å². The van der Waals surface area contributed by atoms with Gasteiger partial charge in [-0.3, -0.25) is 4.79 Å². The molecular formula is C22H18F3N3O4. The first-order valence-corrected chi connectivity index (χ1v) is 9.90. The first-order valence-electron chi connectivity index (χ1n) is 9.90. The van der Waals surface area contributed by atoms with Crippen molar-refractivity contribution in [3.63, 3.8) is 0 Å². The molecule has 2 aliphatic heterocycles. The van der Waals surface area contributed by atoms with Gasteiger partial charge in [-0.25, -0.2) is 4.68 Å². The predicted octanol–water partition coefficient (Wildman–Crippen LogP) is 4.46. The molecule has 0 radical (unpaired) electrons. The maximum atomic E-state index is 12.7. The van der Waals surface area contributed by atoms with Crippen molar-refractivity contribution in [2.45, 2.75) is 32.2 Å². The fourth-order valence-electron chi connectivity index (χ4n) is 4.05. The zero-order valence-corrected chi connectivity index (χ0v) is 17.1. The zero-order valence-electron chi connectivity index (χ0n) is 17.1. The number of benzene rings is 2. The molecule has 1 amide bonds. The van der Waals surface area contributed by atoms with Crippen LogP contribution in [0.15, 0.2) is 42.5 Å². The summed E-state index contributed by atoms with van der Waals surface area (Å²) in [6.07, 6.45) is -4.77. The molecule has 0 spiro atoms. The fraction of sp³-hybridized carbons (Fsp3) is 0.273. The number of aromatic nitrogens is 2. The zero-order chi connectivity index (χ0) is 22.6. The number of nitrogens with zero attached hydrogens (tertiary/aromatic N) is 2. The molecule has 0 fully saturated rings. The van der Waals surface area contributed by atoms with Crippen molar-refractivity contribution in [1.29, 1.82) is 0 Å². The van der Waals surface area contributed by atoms with Crippen LogP contribution in [0, 0.1) is 0 Å². The molecule has 32 heavy (non-hydrogen) atoms. The van der Waals surface area contributed by atoms with E-state index < -0.39 is 12.4 Å². The van der Waals surface area contributed by atoms with Crippen LogP contribution in [0.2, 0.25) is 0 Å². The second kappa shape index (κ2) is 7.18. The van der Waals surface area contributed by atoms with E-state index in [0.717, 1.165) is 16.8 Å². The SMILES string of the molecule is CC(C)c1c2c(nn1-c1ccc(OC(F)(F)F)cc1)C(=O)NC2c1ccc2c(c1)OCO2. The topological polar surface area (TPSA) is 74.6 Å². The lowest BCUT2D eigenvalue weighted by Crippen LogP contribution is -2.23. The van der Waals surface area contributed by atoms with Gasteiger partial charge in [0.1, 0.15) is 5.75 Å². The Hall–Kier alpha value is -3.69. The van der Waals surface area contributed by atoms with E-state index in [4.69, 9.17) is 9.47 Å². The van der Waals surface area contributed by atoms with Crippen molar-refractivity contribution in [2.24, 2.45) is 0 Å². The van der Waals surface area contributed by atoms with Crippen LogP contribution in [0.25, 0.3) is 5.69 Å². The van der Waals surface area contributed by atoms with Crippen LogP contribution in [0.5, 0.6) is 17.2 Å². The molecule has 2 aliphatic rings. The summed E-state index contributed by atoms with van der Waals surface area (Å²) in [7, 11) is 0. The van der Waals surface area contributed by atoms with Gasteiger partial charge in [-0.05, 0) is 47.9 Å². The smallest absolute Gasteiger partial charge is 0.454 e. The summed E-state index contributed by atoms with van der Waals surface area (Å²) < 4.78 is 53.8. The molecule has 1 atom stereocenters. The molecule has 2 aromatic carbocycles. The van der Waals surface area contributed by atoms with Gasteiger partial charge in [0.2, 0.25) is 6.79 Å². The van der Waals surface area contributed by atoms with Crippen molar-refractivity contribution >= 4 is 5.91 Å². The van der Waals surface area contributed by atoms with Crippen molar-refractivity contribution < 1.29 is 32.2 Å². The molecule has 0 aliphatic carbocycles. The number of hydrogen-bond acceptors (Lipinski definition) is 5. The standard InChI is InChI=1S/C22H18F3N3O4/c1-11(2)20-17-18(12-3-8-15-16(9-12)31-10-30-15)26-21(29)19(17)27-28(20)13-4-6-14(7-5-13)32-22(23,24)25/h3-9,11,18H,10H2,1-2H3,(H,26,29). The maximum Gasteiger partial charge on any atom is 0.573 e. The summed E-state index contributed by atoms with van der Waals surface area (Å²) in [4.78, 5) is 12.7. The largest absolute Gasteiger partial charge is 0.573 e. The van der Waals surface area contributed by atoms with Gasteiger partial charge in [-0.15, -0.1) is 13.2 Å². The van der Waals surface area contributed by atoms with Gasteiger partial charge < -0.3 is 19.5 Å². The number of alkyl halides is 3. The predicted molar refractivity (Wildman–Crippen MR) is 106 cm³/mol. The average molecular weight is 445 g/mol. The Morgan fingerprint density at radius 1 is 1.12 bits per heavy atom. The molecule has 1 N–H and O–H groups in total. The molecule has 0 saturated carbocycles. The van der Waals surface area contributed by atoms with Gasteiger partial charge in [0.05, 0.1) is 17.4 Å². The van der Waals surface area contributed by atoms with E-state index in [9.17, 15) is 18.0 Å². The summed E-state index contributed by atoms with van der Waals surface area (Å²) in [6.45, 7) is 4.08. The normalized spacial score (nSPS) is 16.9. The number of amides is 1.